The SMILES string of the molecule is O=c1c2sccc2ncn1CC1CCCOC1. The molecule has 1 aliphatic heterocycles. The summed E-state index contributed by atoms with van der Waals surface area (Å²) in [7, 11) is 0. The van der Waals surface area contributed by atoms with E-state index in [-0.39, 0.29) is 5.56 Å². The zero-order valence-electron chi connectivity index (χ0n) is 9.46. The van der Waals surface area contributed by atoms with Crippen LogP contribution in [0.3, 0.4) is 0 Å². The van der Waals surface area contributed by atoms with Crippen LogP contribution in [0.15, 0.2) is 22.6 Å². The van der Waals surface area contributed by atoms with E-state index in [1.54, 1.807) is 10.9 Å². The highest BCUT2D eigenvalue weighted by molar-refractivity contribution is 7.17. The minimum absolute atomic E-state index is 0.0792. The molecule has 4 nitrogen and oxygen atoms in total. The lowest BCUT2D eigenvalue weighted by molar-refractivity contribution is 0.0479. The van der Waals surface area contributed by atoms with Gasteiger partial charge in [0.15, 0.2) is 0 Å². The van der Waals surface area contributed by atoms with Crippen molar-refractivity contribution in [2.45, 2.75) is 19.4 Å². The summed E-state index contributed by atoms with van der Waals surface area (Å²) in [5.74, 6) is 0.445. The summed E-state index contributed by atoms with van der Waals surface area (Å²) < 4.78 is 7.91. The molecule has 5 heteroatoms. The lowest BCUT2D eigenvalue weighted by Gasteiger charge is -2.22. The van der Waals surface area contributed by atoms with Crippen molar-refractivity contribution in [2.75, 3.05) is 13.2 Å². The second-order valence-corrected chi connectivity index (χ2v) is 5.34. The zero-order chi connectivity index (χ0) is 11.7. The molecular weight excluding hydrogens is 236 g/mol. The summed E-state index contributed by atoms with van der Waals surface area (Å²) >= 11 is 1.46. The van der Waals surface area contributed by atoms with Gasteiger partial charge in [-0.05, 0) is 24.3 Å². The lowest BCUT2D eigenvalue weighted by Crippen LogP contribution is -2.28. The van der Waals surface area contributed by atoms with E-state index >= 15 is 0 Å². The van der Waals surface area contributed by atoms with Crippen LogP contribution in [0.5, 0.6) is 0 Å². The number of nitrogens with zero attached hydrogens (tertiary/aromatic N) is 2. The maximum absolute atomic E-state index is 12.2. The van der Waals surface area contributed by atoms with Crippen molar-refractivity contribution in [1.82, 2.24) is 9.55 Å². The minimum Gasteiger partial charge on any atom is -0.381 e. The van der Waals surface area contributed by atoms with Gasteiger partial charge in [0.25, 0.3) is 5.56 Å². The molecule has 0 aliphatic carbocycles. The van der Waals surface area contributed by atoms with Crippen molar-refractivity contribution in [1.29, 1.82) is 0 Å². The van der Waals surface area contributed by atoms with Crippen molar-refractivity contribution in [2.24, 2.45) is 5.92 Å². The van der Waals surface area contributed by atoms with Crippen molar-refractivity contribution in [3.63, 3.8) is 0 Å². The Kier molecular flexibility index (Phi) is 2.94. The normalized spacial score (nSPS) is 20.8. The fraction of sp³-hybridized carbons (Fsp3) is 0.500. The van der Waals surface area contributed by atoms with Gasteiger partial charge in [-0.3, -0.25) is 9.36 Å². The van der Waals surface area contributed by atoms with E-state index in [1.165, 1.54) is 11.3 Å². The van der Waals surface area contributed by atoms with Crippen LogP contribution in [-0.4, -0.2) is 22.8 Å². The molecule has 1 fully saturated rings. The highest BCUT2D eigenvalue weighted by Gasteiger charge is 2.15. The van der Waals surface area contributed by atoms with Crippen LogP contribution in [0.25, 0.3) is 10.2 Å². The summed E-state index contributed by atoms with van der Waals surface area (Å²) in [5, 5.41) is 1.91. The largest absolute Gasteiger partial charge is 0.381 e. The average molecular weight is 250 g/mol. The first-order valence-electron chi connectivity index (χ1n) is 5.85. The van der Waals surface area contributed by atoms with E-state index in [0.29, 0.717) is 5.92 Å². The van der Waals surface area contributed by atoms with E-state index in [2.05, 4.69) is 4.98 Å². The van der Waals surface area contributed by atoms with Crippen LogP contribution in [0, 0.1) is 5.92 Å². The Morgan fingerprint density at radius 1 is 1.59 bits per heavy atom. The number of fused-ring (bicyclic) bond motifs is 1. The number of hydrogen-bond acceptors (Lipinski definition) is 4. The van der Waals surface area contributed by atoms with Gasteiger partial charge in [-0.25, -0.2) is 4.98 Å². The third kappa shape index (κ3) is 2.12. The van der Waals surface area contributed by atoms with Gasteiger partial charge in [-0.15, -0.1) is 11.3 Å². The first kappa shape index (κ1) is 10.9. The van der Waals surface area contributed by atoms with Crippen LogP contribution in [0.4, 0.5) is 0 Å². The number of hydrogen-bond donors (Lipinski definition) is 0. The van der Waals surface area contributed by atoms with Gasteiger partial charge in [-0.2, -0.15) is 0 Å². The second kappa shape index (κ2) is 4.58. The summed E-state index contributed by atoms with van der Waals surface area (Å²) in [6.07, 6.45) is 3.88. The van der Waals surface area contributed by atoms with E-state index in [4.69, 9.17) is 4.74 Å². The molecule has 2 aromatic heterocycles. The maximum atomic E-state index is 12.2. The Bertz CT molecular complexity index is 569. The van der Waals surface area contributed by atoms with Crippen molar-refractivity contribution in [3.05, 3.63) is 28.1 Å². The lowest BCUT2D eigenvalue weighted by atomic mass is 10.0. The highest BCUT2D eigenvalue weighted by Crippen LogP contribution is 2.17. The molecule has 1 saturated heterocycles. The van der Waals surface area contributed by atoms with Gasteiger partial charge in [0.2, 0.25) is 0 Å². The van der Waals surface area contributed by atoms with Gasteiger partial charge < -0.3 is 4.74 Å². The molecule has 3 heterocycles. The Morgan fingerprint density at radius 3 is 3.35 bits per heavy atom. The summed E-state index contributed by atoms with van der Waals surface area (Å²) in [5.41, 5.74) is 0.881. The highest BCUT2D eigenvalue weighted by atomic mass is 32.1. The zero-order valence-corrected chi connectivity index (χ0v) is 10.3. The van der Waals surface area contributed by atoms with Crippen LogP contribution < -0.4 is 5.56 Å². The van der Waals surface area contributed by atoms with Gasteiger partial charge in [0.05, 0.1) is 18.5 Å². The molecule has 0 bridgehead atoms. The molecule has 2 aromatic rings. The van der Waals surface area contributed by atoms with Gasteiger partial charge in [0.1, 0.15) is 4.70 Å². The molecule has 0 aromatic carbocycles. The number of aromatic nitrogens is 2. The number of ether oxygens (including phenoxy) is 1. The molecule has 1 unspecified atom stereocenters. The van der Waals surface area contributed by atoms with Crippen LogP contribution in [0.1, 0.15) is 12.8 Å². The van der Waals surface area contributed by atoms with Gasteiger partial charge in [-0.1, -0.05) is 0 Å². The molecule has 1 aliphatic rings. The average Bonchev–Trinajstić information content (AvgIpc) is 2.83. The second-order valence-electron chi connectivity index (χ2n) is 4.42. The summed E-state index contributed by atoms with van der Waals surface area (Å²) in [6, 6.07) is 1.88. The topological polar surface area (TPSA) is 44.1 Å². The molecule has 1 atom stereocenters. The standard InChI is InChI=1S/C12H14N2O2S/c15-12-11-10(3-5-17-11)13-8-14(12)6-9-2-1-4-16-7-9/h3,5,8-9H,1-2,4,6-7H2. The van der Waals surface area contributed by atoms with Crippen LogP contribution >= 0.6 is 11.3 Å². The summed E-state index contributed by atoms with van der Waals surface area (Å²) in [4.78, 5) is 16.5. The van der Waals surface area contributed by atoms with Crippen molar-refractivity contribution < 1.29 is 4.74 Å². The number of rotatable bonds is 2. The molecule has 0 saturated carbocycles. The van der Waals surface area contributed by atoms with E-state index < -0.39 is 0 Å². The monoisotopic (exact) mass is 250 g/mol. The first-order valence-corrected chi connectivity index (χ1v) is 6.73. The third-order valence-corrected chi connectivity index (χ3v) is 4.04. The molecule has 0 amide bonds. The molecular formula is C12H14N2O2S. The Balaban J connectivity index is 1.89. The maximum Gasteiger partial charge on any atom is 0.271 e. The predicted octanol–water partition coefficient (Wildman–Crippen LogP) is 1.88. The third-order valence-electron chi connectivity index (χ3n) is 3.15. The van der Waals surface area contributed by atoms with E-state index in [1.807, 2.05) is 11.4 Å². The minimum atomic E-state index is 0.0792. The van der Waals surface area contributed by atoms with Gasteiger partial charge >= 0.3 is 0 Å². The molecule has 0 N–H and O–H groups in total. The molecule has 0 spiro atoms. The van der Waals surface area contributed by atoms with E-state index in [9.17, 15) is 4.79 Å². The van der Waals surface area contributed by atoms with Crippen LogP contribution in [0.2, 0.25) is 0 Å². The molecule has 17 heavy (non-hydrogen) atoms. The Hall–Kier alpha value is -1.20. The molecule has 3 rings (SSSR count). The van der Waals surface area contributed by atoms with Crippen molar-refractivity contribution >= 4 is 21.6 Å². The fourth-order valence-corrected chi connectivity index (χ4v) is 3.03. The first-order chi connectivity index (χ1) is 8.34. The number of thiophene rings is 1. The summed E-state index contributed by atoms with van der Waals surface area (Å²) in [6.45, 7) is 2.34. The quantitative estimate of drug-likeness (QED) is 0.817. The molecule has 0 radical (unpaired) electrons. The van der Waals surface area contributed by atoms with Crippen molar-refractivity contribution in [3.8, 4) is 0 Å². The Labute approximate surface area is 103 Å². The van der Waals surface area contributed by atoms with E-state index in [0.717, 1.165) is 42.8 Å². The predicted molar refractivity (Wildman–Crippen MR) is 67.4 cm³/mol. The smallest absolute Gasteiger partial charge is 0.271 e. The Morgan fingerprint density at radius 2 is 2.53 bits per heavy atom. The van der Waals surface area contributed by atoms with Gasteiger partial charge in [0, 0.05) is 19.1 Å². The fourth-order valence-electron chi connectivity index (χ4n) is 2.24. The van der Waals surface area contributed by atoms with Crippen LogP contribution in [-0.2, 0) is 11.3 Å². The molecule has 90 valence electrons.